The van der Waals surface area contributed by atoms with E-state index in [0.29, 0.717) is 31.9 Å². The van der Waals surface area contributed by atoms with Crippen LogP contribution in [0.1, 0.15) is 24.3 Å². The number of aromatic nitrogens is 1. The number of rotatable bonds is 2. The predicted octanol–water partition coefficient (Wildman–Crippen LogP) is 0.735. The fraction of sp³-hybridized carbons (Fsp3) is 0.583. The van der Waals surface area contributed by atoms with Crippen LogP contribution in [0.5, 0.6) is 0 Å². The van der Waals surface area contributed by atoms with E-state index < -0.39 is 5.54 Å². The molecule has 0 bridgehead atoms. The van der Waals surface area contributed by atoms with E-state index in [1.807, 2.05) is 13.8 Å². The summed E-state index contributed by atoms with van der Waals surface area (Å²) in [5.74, 6) is -0.113. The first-order chi connectivity index (χ1) is 8.54. The Bertz CT molecular complexity index is 453. The van der Waals surface area contributed by atoms with Gasteiger partial charge in [0.05, 0.1) is 6.07 Å². The highest BCUT2D eigenvalue weighted by Gasteiger charge is 2.31. The van der Waals surface area contributed by atoms with Crippen LogP contribution in [0, 0.1) is 11.3 Å². The van der Waals surface area contributed by atoms with Crippen LogP contribution in [0.15, 0.2) is 16.9 Å². The monoisotopic (exact) mass is 248 g/mol. The Morgan fingerprint density at radius 1 is 1.44 bits per heavy atom. The molecule has 0 atom stereocenters. The van der Waals surface area contributed by atoms with Crippen LogP contribution in [-0.2, 0) is 0 Å². The van der Waals surface area contributed by atoms with Crippen molar-refractivity contribution in [2.75, 3.05) is 26.2 Å². The minimum atomic E-state index is -0.483. The molecule has 18 heavy (non-hydrogen) atoms. The minimum absolute atomic E-state index is 0.113. The Morgan fingerprint density at radius 2 is 2.11 bits per heavy atom. The number of carbonyl (C=O) groups is 1. The zero-order valence-electron chi connectivity index (χ0n) is 10.6. The van der Waals surface area contributed by atoms with Crippen molar-refractivity contribution >= 4 is 5.91 Å². The molecular formula is C12H16N4O2. The van der Waals surface area contributed by atoms with E-state index in [0.717, 1.165) is 0 Å². The zero-order chi connectivity index (χ0) is 13.2. The molecule has 0 N–H and O–H groups in total. The Kier molecular flexibility index (Phi) is 3.34. The molecule has 0 spiro atoms. The second-order valence-corrected chi connectivity index (χ2v) is 4.83. The van der Waals surface area contributed by atoms with E-state index in [9.17, 15) is 4.79 Å². The van der Waals surface area contributed by atoms with Gasteiger partial charge in [0.2, 0.25) is 0 Å². The average molecular weight is 248 g/mol. The zero-order valence-corrected chi connectivity index (χ0v) is 10.6. The maximum Gasteiger partial charge on any atom is 0.276 e. The summed E-state index contributed by atoms with van der Waals surface area (Å²) in [6.45, 7) is 6.39. The molecule has 0 aromatic carbocycles. The first kappa shape index (κ1) is 12.6. The molecule has 1 aromatic heterocycles. The second kappa shape index (κ2) is 4.78. The fourth-order valence-corrected chi connectivity index (χ4v) is 2.02. The van der Waals surface area contributed by atoms with Crippen molar-refractivity contribution in [3.05, 3.63) is 18.0 Å². The highest BCUT2D eigenvalue weighted by Crippen LogP contribution is 2.16. The maximum atomic E-state index is 12.0. The maximum absolute atomic E-state index is 12.0. The molecule has 0 saturated carbocycles. The predicted molar refractivity (Wildman–Crippen MR) is 63.7 cm³/mol. The van der Waals surface area contributed by atoms with Gasteiger partial charge in [-0.15, -0.1) is 0 Å². The van der Waals surface area contributed by atoms with E-state index in [4.69, 9.17) is 5.26 Å². The number of amides is 1. The molecule has 1 aromatic rings. The van der Waals surface area contributed by atoms with Crippen molar-refractivity contribution in [3.8, 4) is 6.07 Å². The van der Waals surface area contributed by atoms with Crippen LogP contribution < -0.4 is 0 Å². The molecule has 1 saturated heterocycles. The Morgan fingerprint density at radius 3 is 2.61 bits per heavy atom. The summed E-state index contributed by atoms with van der Waals surface area (Å²) in [5.41, 5.74) is -0.147. The molecule has 2 heterocycles. The van der Waals surface area contributed by atoms with E-state index in [-0.39, 0.29) is 5.91 Å². The molecule has 96 valence electrons. The molecule has 1 aliphatic heterocycles. The molecule has 0 aliphatic carbocycles. The molecule has 2 rings (SSSR count). The van der Waals surface area contributed by atoms with Gasteiger partial charge in [-0.3, -0.25) is 9.69 Å². The van der Waals surface area contributed by atoms with Crippen molar-refractivity contribution in [2.45, 2.75) is 19.4 Å². The Balaban J connectivity index is 1.96. The van der Waals surface area contributed by atoms with Crippen molar-refractivity contribution in [1.29, 1.82) is 5.26 Å². The van der Waals surface area contributed by atoms with Gasteiger partial charge in [0.25, 0.3) is 5.91 Å². The lowest BCUT2D eigenvalue weighted by molar-refractivity contribution is 0.0512. The van der Waals surface area contributed by atoms with Gasteiger partial charge in [0, 0.05) is 32.2 Å². The second-order valence-electron chi connectivity index (χ2n) is 4.83. The molecule has 1 aliphatic rings. The number of piperazine rings is 1. The van der Waals surface area contributed by atoms with Crippen LogP contribution in [0.2, 0.25) is 0 Å². The molecule has 1 fully saturated rings. The molecule has 6 nitrogen and oxygen atoms in total. The van der Waals surface area contributed by atoms with Gasteiger partial charge < -0.3 is 9.42 Å². The largest absolute Gasteiger partial charge is 0.364 e. The number of hydrogen-bond acceptors (Lipinski definition) is 5. The van der Waals surface area contributed by atoms with E-state index in [2.05, 4.69) is 20.6 Å². The van der Waals surface area contributed by atoms with Gasteiger partial charge in [-0.05, 0) is 13.8 Å². The summed E-state index contributed by atoms with van der Waals surface area (Å²) in [6, 6.07) is 3.84. The molecule has 0 unspecified atom stereocenters. The topological polar surface area (TPSA) is 73.4 Å². The third-order valence-electron chi connectivity index (χ3n) is 3.29. The van der Waals surface area contributed by atoms with Crippen LogP contribution in [0.4, 0.5) is 0 Å². The highest BCUT2D eigenvalue weighted by atomic mass is 16.5. The number of hydrogen-bond donors (Lipinski definition) is 0. The lowest BCUT2D eigenvalue weighted by atomic mass is 10.0. The molecule has 6 heteroatoms. The molecule has 1 amide bonds. The van der Waals surface area contributed by atoms with Gasteiger partial charge in [-0.25, -0.2) is 0 Å². The first-order valence-corrected chi connectivity index (χ1v) is 5.90. The smallest absolute Gasteiger partial charge is 0.276 e. The van der Waals surface area contributed by atoms with Crippen LogP contribution >= 0.6 is 0 Å². The summed E-state index contributed by atoms with van der Waals surface area (Å²) in [7, 11) is 0. The first-order valence-electron chi connectivity index (χ1n) is 5.90. The van der Waals surface area contributed by atoms with E-state index in [1.54, 1.807) is 11.0 Å². The van der Waals surface area contributed by atoms with Gasteiger partial charge in [0.1, 0.15) is 11.8 Å². The van der Waals surface area contributed by atoms with Crippen molar-refractivity contribution < 1.29 is 9.32 Å². The van der Waals surface area contributed by atoms with Gasteiger partial charge >= 0.3 is 0 Å². The van der Waals surface area contributed by atoms with Gasteiger partial charge in [-0.2, -0.15) is 5.26 Å². The standard InChI is InChI=1S/C12H16N4O2/c1-12(2,9-13)16-6-4-15(5-7-16)11(17)10-3-8-18-14-10/h3,8H,4-7H2,1-2H3. The minimum Gasteiger partial charge on any atom is -0.364 e. The van der Waals surface area contributed by atoms with Gasteiger partial charge in [0.15, 0.2) is 5.69 Å². The summed E-state index contributed by atoms with van der Waals surface area (Å²) in [6.07, 6.45) is 1.39. The highest BCUT2D eigenvalue weighted by molar-refractivity contribution is 5.92. The van der Waals surface area contributed by atoms with Crippen molar-refractivity contribution in [1.82, 2.24) is 15.0 Å². The van der Waals surface area contributed by atoms with Crippen LogP contribution in [0.25, 0.3) is 0 Å². The number of nitriles is 1. The Hall–Kier alpha value is -1.87. The lowest BCUT2D eigenvalue weighted by Gasteiger charge is -2.40. The van der Waals surface area contributed by atoms with Crippen molar-refractivity contribution in [3.63, 3.8) is 0 Å². The molecule has 0 radical (unpaired) electrons. The van der Waals surface area contributed by atoms with E-state index in [1.165, 1.54) is 6.26 Å². The average Bonchev–Trinajstić information content (AvgIpc) is 2.92. The molecular weight excluding hydrogens is 232 g/mol. The van der Waals surface area contributed by atoms with E-state index >= 15 is 0 Å². The van der Waals surface area contributed by atoms with Crippen molar-refractivity contribution in [2.24, 2.45) is 0 Å². The Labute approximate surface area is 106 Å². The van der Waals surface area contributed by atoms with Gasteiger partial charge in [-0.1, -0.05) is 5.16 Å². The summed E-state index contributed by atoms with van der Waals surface area (Å²) < 4.78 is 4.67. The summed E-state index contributed by atoms with van der Waals surface area (Å²) in [5, 5.41) is 12.7. The number of nitrogens with zero attached hydrogens (tertiary/aromatic N) is 4. The SMILES string of the molecule is CC(C)(C#N)N1CCN(C(=O)c2ccon2)CC1. The normalized spacial score (nSPS) is 17.5. The van der Waals surface area contributed by atoms with Crippen LogP contribution in [0.3, 0.4) is 0 Å². The summed E-state index contributed by atoms with van der Waals surface area (Å²) in [4.78, 5) is 15.8. The third-order valence-corrected chi connectivity index (χ3v) is 3.29. The number of carbonyl (C=O) groups excluding carboxylic acids is 1. The fourth-order valence-electron chi connectivity index (χ4n) is 2.02. The quantitative estimate of drug-likeness (QED) is 0.771. The third kappa shape index (κ3) is 2.36. The summed E-state index contributed by atoms with van der Waals surface area (Å²) >= 11 is 0. The van der Waals surface area contributed by atoms with Crippen LogP contribution in [-0.4, -0.2) is 52.6 Å². The lowest BCUT2D eigenvalue weighted by Crippen LogP contribution is -2.55.